The van der Waals surface area contributed by atoms with Crippen LogP contribution in [0.5, 0.6) is 0 Å². The minimum atomic E-state index is 0.182. The third-order valence-electron chi connectivity index (χ3n) is 4.29. The lowest BCUT2D eigenvalue weighted by molar-refractivity contribution is 0.618. The average molecular weight is 329 g/mol. The van der Waals surface area contributed by atoms with Crippen molar-refractivity contribution in [2.24, 2.45) is 5.92 Å². The number of nitrogen functional groups attached to an aromatic ring is 1. The molecule has 124 valence electrons. The van der Waals surface area contributed by atoms with Crippen molar-refractivity contribution in [3.8, 4) is 11.8 Å². The molecule has 0 unspecified atom stereocenters. The molecule has 0 bridgehead atoms. The average Bonchev–Trinajstić information content (AvgIpc) is 3.35. The van der Waals surface area contributed by atoms with Crippen LogP contribution in [0.1, 0.15) is 25.3 Å². The highest BCUT2D eigenvalue weighted by Gasteiger charge is 2.19. The number of benzene rings is 1. The Kier molecular flexibility index (Phi) is 3.70. The molecule has 1 aliphatic carbocycles. The summed E-state index contributed by atoms with van der Waals surface area (Å²) >= 11 is 0. The second-order valence-electron chi connectivity index (χ2n) is 6.23. The van der Waals surface area contributed by atoms with Crippen LogP contribution in [0.3, 0.4) is 0 Å². The Morgan fingerprint density at radius 3 is 3.00 bits per heavy atom. The Morgan fingerprint density at radius 1 is 1.40 bits per heavy atom. The lowest BCUT2D eigenvalue weighted by Crippen LogP contribution is -2.16. The van der Waals surface area contributed by atoms with Gasteiger partial charge < -0.3 is 15.1 Å². The van der Waals surface area contributed by atoms with Crippen LogP contribution in [0, 0.1) is 17.8 Å². The molecule has 0 radical (unpaired) electrons. The molecule has 0 amide bonds. The van der Waals surface area contributed by atoms with Gasteiger partial charge in [0.2, 0.25) is 0 Å². The first-order valence-electron chi connectivity index (χ1n) is 8.36. The Balaban J connectivity index is 1.69. The fraction of sp³-hybridized carbons (Fsp3) is 0.190. The largest absolute Gasteiger partial charge is 0.424 e. The third-order valence-corrected chi connectivity index (χ3v) is 4.29. The highest BCUT2D eigenvalue weighted by Crippen LogP contribution is 2.30. The highest BCUT2D eigenvalue weighted by atomic mass is 16.4. The fourth-order valence-corrected chi connectivity index (χ4v) is 2.73. The van der Waals surface area contributed by atoms with E-state index in [2.05, 4.69) is 29.6 Å². The molecule has 1 fully saturated rings. The summed E-state index contributed by atoms with van der Waals surface area (Å²) in [6.07, 6.45) is 10.6. The highest BCUT2D eigenvalue weighted by molar-refractivity contribution is 5.84. The van der Waals surface area contributed by atoms with Crippen LogP contribution in [0.25, 0.3) is 16.7 Å². The van der Waals surface area contributed by atoms with Gasteiger partial charge in [0, 0.05) is 17.8 Å². The van der Waals surface area contributed by atoms with E-state index in [-0.39, 0.29) is 6.01 Å². The van der Waals surface area contributed by atoms with Crippen LogP contribution >= 0.6 is 0 Å². The molecule has 4 nitrogen and oxygen atoms in total. The van der Waals surface area contributed by atoms with Gasteiger partial charge in [0.1, 0.15) is 5.52 Å². The van der Waals surface area contributed by atoms with E-state index in [0.717, 1.165) is 28.0 Å². The minimum Gasteiger partial charge on any atom is -0.424 e. The van der Waals surface area contributed by atoms with Crippen LogP contribution in [-0.2, 0) is 0 Å². The lowest BCUT2D eigenvalue weighted by Gasteiger charge is -2.25. The number of aromatic nitrogens is 1. The molecule has 0 atom stereocenters. The molecule has 4 rings (SSSR count). The first-order valence-corrected chi connectivity index (χ1v) is 8.36. The quantitative estimate of drug-likeness (QED) is 0.827. The van der Waals surface area contributed by atoms with Crippen molar-refractivity contribution >= 4 is 22.7 Å². The van der Waals surface area contributed by atoms with E-state index >= 15 is 0 Å². The zero-order valence-corrected chi connectivity index (χ0v) is 14.1. The van der Waals surface area contributed by atoms with Crippen molar-refractivity contribution in [1.82, 2.24) is 9.88 Å². The zero-order chi connectivity index (χ0) is 17.4. The summed E-state index contributed by atoms with van der Waals surface area (Å²) in [5, 5.41) is 0. The molecule has 0 spiro atoms. The number of nitrogens with two attached hydrogens (primary N) is 1. The Bertz CT molecular complexity index is 1010. The van der Waals surface area contributed by atoms with Gasteiger partial charge in [0.05, 0.1) is 5.70 Å². The van der Waals surface area contributed by atoms with Crippen LogP contribution in [-0.4, -0.2) is 9.88 Å². The van der Waals surface area contributed by atoms with Crippen molar-refractivity contribution in [3.05, 3.63) is 66.2 Å². The van der Waals surface area contributed by atoms with E-state index < -0.39 is 0 Å². The summed E-state index contributed by atoms with van der Waals surface area (Å²) in [7, 11) is 0. The van der Waals surface area contributed by atoms with Crippen LogP contribution in [0.15, 0.2) is 65.0 Å². The second-order valence-corrected chi connectivity index (χ2v) is 6.23. The summed E-state index contributed by atoms with van der Waals surface area (Å²) in [4.78, 5) is 6.24. The van der Waals surface area contributed by atoms with E-state index in [4.69, 9.17) is 10.2 Å². The maximum absolute atomic E-state index is 5.63. The van der Waals surface area contributed by atoms with Gasteiger partial charge in [0.25, 0.3) is 6.01 Å². The predicted molar refractivity (Wildman–Crippen MR) is 101 cm³/mol. The van der Waals surface area contributed by atoms with Crippen molar-refractivity contribution in [1.29, 1.82) is 0 Å². The molecule has 25 heavy (non-hydrogen) atoms. The smallest absolute Gasteiger partial charge is 0.292 e. The standard InChI is InChI=1S/C21H19N3O/c1-3-18(10-7-15-5-6-15)24-13-17(8-4-14(24)2)16-9-11-20-19(12-16)23-21(22)25-20/h3-4,8-9,11-13,15H,2,5-6H2,1H3,(H2,22,23). The van der Waals surface area contributed by atoms with Gasteiger partial charge >= 0.3 is 0 Å². The predicted octanol–water partition coefficient (Wildman–Crippen LogP) is 4.45. The zero-order valence-electron chi connectivity index (χ0n) is 14.1. The third kappa shape index (κ3) is 3.09. The lowest BCUT2D eigenvalue weighted by atomic mass is 10.0. The van der Waals surface area contributed by atoms with Gasteiger partial charge in [0.15, 0.2) is 5.58 Å². The summed E-state index contributed by atoms with van der Waals surface area (Å²) in [5.41, 5.74) is 11.0. The van der Waals surface area contributed by atoms with Crippen molar-refractivity contribution in [2.75, 3.05) is 5.73 Å². The SMILES string of the molecule is C=C1C=CC(c2ccc3oc(N)nc3c2)=CN1C(C#CC1CC1)=CC. The van der Waals surface area contributed by atoms with E-state index in [1.54, 1.807) is 0 Å². The number of anilines is 1. The maximum atomic E-state index is 5.63. The van der Waals surface area contributed by atoms with Crippen molar-refractivity contribution < 1.29 is 4.42 Å². The number of fused-ring (bicyclic) bond motifs is 1. The first-order chi connectivity index (χ1) is 12.1. The normalized spacial score (nSPS) is 17.5. The number of rotatable bonds is 2. The minimum absolute atomic E-state index is 0.182. The Morgan fingerprint density at radius 2 is 2.24 bits per heavy atom. The van der Waals surface area contributed by atoms with Gasteiger partial charge in [-0.15, -0.1) is 0 Å². The van der Waals surface area contributed by atoms with Crippen molar-refractivity contribution in [2.45, 2.75) is 19.8 Å². The molecule has 1 saturated carbocycles. The van der Waals surface area contributed by atoms with Gasteiger partial charge in [-0.1, -0.05) is 30.7 Å². The maximum Gasteiger partial charge on any atom is 0.292 e. The number of oxazole rings is 1. The summed E-state index contributed by atoms with van der Waals surface area (Å²) < 4.78 is 5.34. The molecular formula is C21H19N3O. The molecule has 4 heteroatoms. The Labute approximate surface area is 147 Å². The number of hydrogen-bond acceptors (Lipinski definition) is 4. The van der Waals surface area contributed by atoms with Crippen LogP contribution < -0.4 is 5.73 Å². The monoisotopic (exact) mass is 329 g/mol. The summed E-state index contributed by atoms with van der Waals surface area (Å²) in [6, 6.07) is 6.05. The van der Waals surface area contributed by atoms with E-state index in [9.17, 15) is 0 Å². The second kappa shape index (κ2) is 6.03. The molecule has 2 heterocycles. The van der Waals surface area contributed by atoms with Gasteiger partial charge in [-0.05, 0) is 55.0 Å². The summed E-state index contributed by atoms with van der Waals surface area (Å²) in [5.74, 6) is 7.17. The first kappa shape index (κ1) is 15.3. The van der Waals surface area contributed by atoms with Crippen LogP contribution in [0.4, 0.5) is 6.01 Å². The number of allylic oxidation sites excluding steroid dienone is 5. The molecule has 1 aromatic carbocycles. The number of hydrogen-bond donors (Lipinski definition) is 1. The summed E-state index contributed by atoms with van der Waals surface area (Å²) in [6.45, 7) is 6.13. The molecule has 2 N–H and O–H groups in total. The van der Waals surface area contributed by atoms with Crippen LogP contribution in [0.2, 0.25) is 0 Å². The van der Waals surface area contributed by atoms with Gasteiger partial charge in [-0.25, -0.2) is 0 Å². The molecule has 0 saturated heterocycles. The molecule has 2 aromatic rings. The van der Waals surface area contributed by atoms with E-state index in [1.165, 1.54) is 12.8 Å². The Hall–Kier alpha value is -3.19. The fourth-order valence-electron chi connectivity index (χ4n) is 2.73. The van der Waals surface area contributed by atoms with Gasteiger partial charge in [-0.2, -0.15) is 4.98 Å². The van der Waals surface area contributed by atoms with Crippen molar-refractivity contribution in [3.63, 3.8) is 0 Å². The van der Waals surface area contributed by atoms with Gasteiger partial charge in [-0.3, -0.25) is 0 Å². The number of nitrogens with zero attached hydrogens (tertiary/aromatic N) is 2. The van der Waals surface area contributed by atoms with E-state index in [1.807, 2.05) is 48.3 Å². The molecular weight excluding hydrogens is 310 g/mol. The molecule has 2 aliphatic rings. The molecule has 1 aromatic heterocycles. The molecule has 1 aliphatic heterocycles. The topological polar surface area (TPSA) is 55.3 Å². The van der Waals surface area contributed by atoms with E-state index in [0.29, 0.717) is 11.5 Å².